The third-order valence-electron chi connectivity index (χ3n) is 1.90. The van der Waals surface area contributed by atoms with Crippen molar-refractivity contribution in [1.29, 1.82) is 0 Å². The molecule has 2 rings (SSSR count). The van der Waals surface area contributed by atoms with Crippen LogP contribution in [0.15, 0.2) is 35.3 Å². The maximum atomic E-state index is 5.23. The molecule has 1 aromatic heterocycles. The molecule has 0 aliphatic rings. The molecule has 0 radical (unpaired) electrons. The number of nitrogens with zero attached hydrogens (tertiary/aromatic N) is 3. The number of hydrogen-bond donors (Lipinski definition) is 0. The van der Waals surface area contributed by atoms with Gasteiger partial charge in [0.1, 0.15) is 18.4 Å². The van der Waals surface area contributed by atoms with Gasteiger partial charge in [-0.3, -0.25) is 0 Å². The second kappa shape index (κ2) is 4.35. The lowest BCUT2D eigenvalue weighted by Crippen LogP contribution is -1.93. The molecule has 0 saturated carbocycles. The van der Waals surface area contributed by atoms with Crippen LogP contribution in [-0.2, 0) is 0 Å². The molecule has 4 nitrogen and oxygen atoms in total. The highest BCUT2D eigenvalue weighted by atomic mass is 79.9. The minimum absolute atomic E-state index is 0.600. The zero-order valence-corrected chi connectivity index (χ0v) is 9.60. The van der Waals surface area contributed by atoms with Crippen molar-refractivity contribution in [1.82, 2.24) is 15.0 Å². The van der Waals surface area contributed by atoms with E-state index in [4.69, 9.17) is 4.74 Å². The lowest BCUT2D eigenvalue weighted by molar-refractivity contribution is 0.416. The molecule has 1 aromatic carbocycles. The van der Waals surface area contributed by atoms with E-state index in [0.717, 1.165) is 15.8 Å². The Morgan fingerprint density at radius 1 is 1.20 bits per heavy atom. The summed E-state index contributed by atoms with van der Waals surface area (Å²) in [6.45, 7) is 0. The quantitative estimate of drug-likeness (QED) is 0.836. The Kier molecular flexibility index (Phi) is 2.91. The first-order valence-corrected chi connectivity index (χ1v) is 5.06. The van der Waals surface area contributed by atoms with Crippen molar-refractivity contribution in [3.63, 3.8) is 0 Å². The topological polar surface area (TPSA) is 47.9 Å². The van der Waals surface area contributed by atoms with Gasteiger partial charge in [-0.15, -0.1) is 0 Å². The summed E-state index contributed by atoms with van der Waals surface area (Å²) in [5.74, 6) is 1.34. The monoisotopic (exact) mass is 265 g/mol. The molecule has 0 unspecified atom stereocenters. The zero-order valence-electron chi connectivity index (χ0n) is 8.01. The van der Waals surface area contributed by atoms with Crippen LogP contribution < -0.4 is 4.74 Å². The van der Waals surface area contributed by atoms with Crippen molar-refractivity contribution in [2.45, 2.75) is 0 Å². The average molecular weight is 266 g/mol. The number of benzene rings is 1. The van der Waals surface area contributed by atoms with Gasteiger partial charge in [0.05, 0.1) is 12.7 Å². The predicted octanol–water partition coefficient (Wildman–Crippen LogP) is 2.31. The van der Waals surface area contributed by atoms with Crippen LogP contribution in [0.2, 0.25) is 0 Å². The summed E-state index contributed by atoms with van der Waals surface area (Å²) in [6, 6.07) is 5.68. The smallest absolute Gasteiger partial charge is 0.166 e. The molecular weight excluding hydrogens is 258 g/mol. The Morgan fingerprint density at radius 2 is 1.93 bits per heavy atom. The highest BCUT2D eigenvalue weighted by molar-refractivity contribution is 9.10. The van der Waals surface area contributed by atoms with E-state index in [1.165, 1.54) is 12.7 Å². The van der Waals surface area contributed by atoms with Crippen molar-refractivity contribution in [3.05, 3.63) is 35.3 Å². The van der Waals surface area contributed by atoms with Gasteiger partial charge in [0.2, 0.25) is 0 Å². The Balaban J connectivity index is 2.56. The first-order chi connectivity index (χ1) is 7.31. The normalized spacial score (nSPS) is 10.0. The van der Waals surface area contributed by atoms with E-state index < -0.39 is 0 Å². The molecule has 15 heavy (non-hydrogen) atoms. The standard InChI is InChI=1S/C10H8BrN3O/c1-15-9-3-2-7(11)4-8(9)10-13-5-12-6-14-10/h2-6H,1H3. The van der Waals surface area contributed by atoms with Crippen molar-refractivity contribution in [2.75, 3.05) is 7.11 Å². The molecule has 0 atom stereocenters. The minimum atomic E-state index is 0.600. The van der Waals surface area contributed by atoms with E-state index in [1.54, 1.807) is 7.11 Å². The van der Waals surface area contributed by atoms with Crippen molar-refractivity contribution in [2.24, 2.45) is 0 Å². The van der Waals surface area contributed by atoms with Gasteiger partial charge in [0, 0.05) is 4.47 Å². The molecule has 76 valence electrons. The number of rotatable bonds is 2. The van der Waals surface area contributed by atoms with Gasteiger partial charge in [-0.05, 0) is 18.2 Å². The van der Waals surface area contributed by atoms with Crippen LogP contribution in [0.3, 0.4) is 0 Å². The number of aromatic nitrogens is 3. The SMILES string of the molecule is COc1ccc(Br)cc1-c1ncncn1. The summed E-state index contributed by atoms with van der Waals surface area (Å²) < 4.78 is 6.19. The van der Waals surface area contributed by atoms with Gasteiger partial charge in [-0.25, -0.2) is 15.0 Å². The van der Waals surface area contributed by atoms with E-state index in [2.05, 4.69) is 30.9 Å². The largest absolute Gasteiger partial charge is 0.496 e. The third kappa shape index (κ3) is 2.12. The first kappa shape index (κ1) is 10.0. The van der Waals surface area contributed by atoms with Crippen molar-refractivity contribution >= 4 is 15.9 Å². The molecule has 2 aromatic rings. The number of halogens is 1. The van der Waals surface area contributed by atoms with Gasteiger partial charge in [0.25, 0.3) is 0 Å². The highest BCUT2D eigenvalue weighted by Crippen LogP contribution is 2.29. The molecule has 5 heteroatoms. The van der Waals surface area contributed by atoms with E-state index >= 15 is 0 Å². The number of methoxy groups -OCH3 is 1. The van der Waals surface area contributed by atoms with Crippen LogP contribution in [-0.4, -0.2) is 22.1 Å². The zero-order chi connectivity index (χ0) is 10.7. The molecule has 0 amide bonds. The summed E-state index contributed by atoms with van der Waals surface area (Å²) >= 11 is 3.40. The second-order valence-corrected chi connectivity index (χ2v) is 3.72. The maximum Gasteiger partial charge on any atom is 0.166 e. The van der Waals surface area contributed by atoms with Gasteiger partial charge < -0.3 is 4.74 Å². The van der Waals surface area contributed by atoms with Crippen molar-refractivity contribution in [3.8, 4) is 17.1 Å². The fraction of sp³-hybridized carbons (Fsp3) is 0.100. The van der Waals surface area contributed by atoms with Gasteiger partial charge >= 0.3 is 0 Å². The van der Waals surface area contributed by atoms with Crippen LogP contribution in [0, 0.1) is 0 Å². The third-order valence-corrected chi connectivity index (χ3v) is 2.39. The predicted molar refractivity (Wildman–Crippen MR) is 59.5 cm³/mol. The Labute approximate surface area is 95.5 Å². The van der Waals surface area contributed by atoms with Crippen LogP contribution >= 0.6 is 15.9 Å². The van der Waals surface area contributed by atoms with E-state index in [0.29, 0.717) is 5.82 Å². The van der Waals surface area contributed by atoms with E-state index in [-0.39, 0.29) is 0 Å². The molecule has 0 fully saturated rings. The number of ether oxygens (including phenoxy) is 1. The summed E-state index contributed by atoms with van der Waals surface area (Å²) in [7, 11) is 1.62. The lowest BCUT2D eigenvalue weighted by atomic mass is 10.2. The van der Waals surface area contributed by atoms with Gasteiger partial charge in [0.15, 0.2) is 5.82 Å². The molecule has 0 saturated heterocycles. The molecule has 0 spiro atoms. The lowest BCUT2D eigenvalue weighted by Gasteiger charge is -2.06. The summed E-state index contributed by atoms with van der Waals surface area (Å²) in [4.78, 5) is 11.9. The Hall–Kier alpha value is -1.49. The molecule has 0 N–H and O–H groups in total. The Morgan fingerprint density at radius 3 is 2.60 bits per heavy atom. The molecule has 0 aliphatic heterocycles. The van der Waals surface area contributed by atoms with Crippen LogP contribution in [0.1, 0.15) is 0 Å². The average Bonchev–Trinajstić information content (AvgIpc) is 2.30. The van der Waals surface area contributed by atoms with Crippen LogP contribution in [0.25, 0.3) is 11.4 Å². The van der Waals surface area contributed by atoms with E-state index in [9.17, 15) is 0 Å². The van der Waals surface area contributed by atoms with Crippen molar-refractivity contribution < 1.29 is 4.74 Å². The summed E-state index contributed by atoms with van der Waals surface area (Å²) in [6.07, 6.45) is 2.92. The molecular formula is C10H8BrN3O. The molecule has 1 heterocycles. The fourth-order valence-corrected chi connectivity index (χ4v) is 1.59. The Bertz CT molecular complexity index is 461. The van der Waals surface area contributed by atoms with Crippen LogP contribution in [0.4, 0.5) is 0 Å². The highest BCUT2D eigenvalue weighted by Gasteiger charge is 2.08. The second-order valence-electron chi connectivity index (χ2n) is 2.81. The maximum absolute atomic E-state index is 5.23. The van der Waals surface area contributed by atoms with Gasteiger partial charge in [-0.1, -0.05) is 15.9 Å². The number of hydrogen-bond acceptors (Lipinski definition) is 4. The van der Waals surface area contributed by atoms with E-state index in [1.807, 2.05) is 18.2 Å². The summed E-state index contributed by atoms with van der Waals surface area (Å²) in [5.41, 5.74) is 0.842. The minimum Gasteiger partial charge on any atom is -0.496 e. The van der Waals surface area contributed by atoms with Gasteiger partial charge in [-0.2, -0.15) is 0 Å². The van der Waals surface area contributed by atoms with Crippen LogP contribution in [0.5, 0.6) is 5.75 Å². The molecule has 0 aliphatic carbocycles. The molecule has 0 bridgehead atoms. The summed E-state index contributed by atoms with van der Waals surface area (Å²) in [5, 5.41) is 0. The first-order valence-electron chi connectivity index (χ1n) is 4.27. The fourth-order valence-electron chi connectivity index (χ4n) is 1.23.